The molecule has 0 aromatic heterocycles. The Morgan fingerprint density at radius 2 is 0.706 bits per heavy atom. The Hall–Kier alpha value is 0. The first-order valence-corrected chi connectivity index (χ1v) is 8.06. The van der Waals surface area contributed by atoms with Gasteiger partial charge in [0.15, 0.2) is 0 Å². The van der Waals surface area contributed by atoms with Crippen molar-refractivity contribution >= 4 is 0 Å². The molecule has 0 amide bonds. The first kappa shape index (κ1) is 30.2. The highest BCUT2D eigenvalue weighted by Crippen LogP contribution is 2.05. The van der Waals surface area contributed by atoms with Crippen molar-refractivity contribution in [3.05, 3.63) is 0 Å². The normalized spacial score (nSPS) is 7.41. The summed E-state index contributed by atoms with van der Waals surface area (Å²) < 4.78 is 0. The highest BCUT2D eigenvalue weighted by atomic mass is 14.0. The minimum atomic E-state index is 0.852. The van der Waals surface area contributed by atoms with Crippen molar-refractivity contribution in [3.8, 4) is 0 Å². The maximum Gasteiger partial charge on any atom is -0.0448 e. The van der Waals surface area contributed by atoms with E-state index >= 15 is 0 Å². The van der Waals surface area contributed by atoms with Gasteiger partial charge in [0.05, 0.1) is 0 Å². The molecule has 0 heteroatoms. The minimum absolute atomic E-state index is 0.852. The first-order chi connectivity index (χ1) is 8.06. The van der Waals surface area contributed by atoms with Crippen LogP contribution in [-0.4, -0.2) is 0 Å². The zero-order valence-corrected chi connectivity index (χ0v) is 15.3. The van der Waals surface area contributed by atoms with Crippen LogP contribution in [0.2, 0.25) is 0 Å². The molecule has 0 unspecified atom stereocenters. The smallest absolute Gasteiger partial charge is 0.0448 e. The van der Waals surface area contributed by atoms with Crippen LogP contribution in [0, 0.1) is 11.8 Å². The molecule has 0 saturated carbocycles. The third-order valence-corrected chi connectivity index (χ3v) is 2.04. The van der Waals surface area contributed by atoms with Gasteiger partial charge < -0.3 is 0 Å². The quantitative estimate of drug-likeness (QED) is 0.483. The lowest BCUT2D eigenvalue weighted by Crippen LogP contribution is -1.95. The third-order valence-electron chi connectivity index (χ3n) is 2.04. The summed E-state index contributed by atoms with van der Waals surface area (Å²) >= 11 is 0. The highest BCUT2D eigenvalue weighted by Gasteiger charge is 1.95. The SMILES string of the molecule is CC.CC.CC.CC(C)C(C)C.CCCCC. The fraction of sp³-hybridized carbons (Fsp3) is 1.00. The van der Waals surface area contributed by atoms with E-state index in [1.807, 2.05) is 41.5 Å². The van der Waals surface area contributed by atoms with Gasteiger partial charge in [0.1, 0.15) is 0 Å². The molecular formula is C17H44. The molecule has 0 heterocycles. The molecule has 0 fully saturated rings. The molecule has 0 nitrogen and oxygen atoms in total. The van der Waals surface area contributed by atoms with Gasteiger partial charge in [-0.1, -0.05) is 102 Å². The summed E-state index contributed by atoms with van der Waals surface area (Å²) in [5, 5.41) is 0. The van der Waals surface area contributed by atoms with Crippen molar-refractivity contribution in [1.82, 2.24) is 0 Å². The molecule has 0 aliphatic heterocycles. The van der Waals surface area contributed by atoms with Crippen LogP contribution in [0.1, 0.15) is 102 Å². The lowest BCUT2D eigenvalue weighted by molar-refractivity contribution is 0.457. The molecule has 0 rings (SSSR count). The maximum atomic E-state index is 2.24. The summed E-state index contributed by atoms with van der Waals surface area (Å²) in [7, 11) is 0. The Morgan fingerprint density at radius 1 is 0.529 bits per heavy atom. The number of hydrogen-bond acceptors (Lipinski definition) is 0. The Balaban J connectivity index is -0.0000000395. The molecule has 0 bridgehead atoms. The second-order valence-corrected chi connectivity index (χ2v) is 3.84. The van der Waals surface area contributed by atoms with Crippen molar-refractivity contribution in [2.75, 3.05) is 0 Å². The van der Waals surface area contributed by atoms with E-state index in [1.165, 1.54) is 19.3 Å². The molecule has 0 aliphatic rings. The number of rotatable bonds is 3. The Morgan fingerprint density at radius 3 is 0.706 bits per heavy atom. The maximum absolute atomic E-state index is 2.24. The lowest BCUT2D eigenvalue weighted by Gasteiger charge is -2.05. The monoisotopic (exact) mass is 248 g/mol. The minimum Gasteiger partial charge on any atom is -0.0683 e. The number of unbranched alkanes of at least 4 members (excludes halogenated alkanes) is 2. The standard InChI is InChI=1S/C6H14.C5H12.3C2H6/c1-5(2)6(3)4;1-3-5-4-2;3*1-2/h5-6H,1-4H3;3-5H2,1-2H3;3*1-2H3. The molecule has 112 valence electrons. The first-order valence-electron chi connectivity index (χ1n) is 8.06. The molecule has 17 heavy (non-hydrogen) atoms. The average molecular weight is 249 g/mol. The zero-order chi connectivity index (χ0) is 15.3. The van der Waals surface area contributed by atoms with E-state index in [4.69, 9.17) is 0 Å². The van der Waals surface area contributed by atoms with Gasteiger partial charge in [-0.15, -0.1) is 0 Å². The van der Waals surface area contributed by atoms with Crippen LogP contribution < -0.4 is 0 Å². The molecule has 0 spiro atoms. The molecule has 0 N–H and O–H groups in total. The number of hydrogen-bond donors (Lipinski definition) is 0. The second-order valence-electron chi connectivity index (χ2n) is 3.84. The molecule has 0 aliphatic carbocycles. The average Bonchev–Trinajstić information content (AvgIpc) is 2.38. The van der Waals surface area contributed by atoms with Gasteiger partial charge in [0.2, 0.25) is 0 Å². The fourth-order valence-corrected chi connectivity index (χ4v) is 0.354. The van der Waals surface area contributed by atoms with Crippen LogP contribution >= 0.6 is 0 Å². The van der Waals surface area contributed by atoms with E-state index in [0.29, 0.717) is 0 Å². The van der Waals surface area contributed by atoms with E-state index in [0.717, 1.165) is 11.8 Å². The molecule has 0 saturated heterocycles. The van der Waals surface area contributed by atoms with Crippen molar-refractivity contribution in [2.24, 2.45) is 11.8 Å². The predicted molar refractivity (Wildman–Crippen MR) is 88.9 cm³/mol. The van der Waals surface area contributed by atoms with E-state index in [1.54, 1.807) is 0 Å². The molecule has 0 radical (unpaired) electrons. The van der Waals surface area contributed by atoms with Gasteiger partial charge in [0, 0.05) is 0 Å². The largest absolute Gasteiger partial charge is 0.0683 e. The highest BCUT2D eigenvalue weighted by molar-refractivity contribution is 4.46. The summed E-state index contributed by atoms with van der Waals surface area (Å²) in [6, 6.07) is 0. The van der Waals surface area contributed by atoms with Crippen LogP contribution in [0.5, 0.6) is 0 Å². The topological polar surface area (TPSA) is 0 Å². The summed E-state index contributed by atoms with van der Waals surface area (Å²) in [5.74, 6) is 1.70. The molecular weight excluding hydrogens is 204 g/mol. The Labute approximate surface area is 115 Å². The zero-order valence-electron chi connectivity index (χ0n) is 15.3. The van der Waals surface area contributed by atoms with Crippen LogP contribution in [0.15, 0.2) is 0 Å². The molecule has 0 aromatic carbocycles. The van der Waals surface area contributed by atoms with Gasteiger partial charge in [-0.3, -0.25) is 0 Å². The summed E-state index contributed by atoms with van der Waals surface area (Å²) in [5.41, 5.74) is 0. The van der Waals surface area contributed by atoms with Crippen LogP contribution in [0.25, 0.3) is 0 Å². The van der Waals surface area contributed by atoms with Crippen molar-refractivity contribution in [1.29, 1.82) is 0 Å². The van der Waals surface area contributed by atoms with Gasteiger partial charge in [-0.05, 0) is 11.8 Å². The molecule has 0 aromatic rings. The van der Waals surface area contributed by atoms with E-state index in [2.05, 4.69) is 41.5 Å². The van der Waals surface area contributed by atoms with Crippen LogP contribution in [0.3, 0.4) is 0 Å². The summed E-state index contributed by atoms with van der Waals surface area (Å²) in [6.07, 6.45) is 4.08. The van der Waals surface area contributed by atoms with E-state index in [9.17, 15) is 0 Å². The predicted octanol–water partition coefficient (Wildman–Crippen LogP) is 7.57. The van der Waals surface area contributed by atoms with Crippen molar-refractivity contribution in [2.45, 2.75) is 102 Å². The van der Waals surface area contributed by atoms with Crippen LogP contribution in [-0.2, 0) is 0 Å². The van der Waals surface area contributed by atoms with Crippen molar-refractivity contribution < 1.29 is 0 Å². The van der Waals surface area contributed by atoms with Crippen molar-refractivity contribution in [3.63, 3.8) is 0 Å². The Bertz CT molecular complexity index is 45.1. The third kappa shape index (κ3) is 87.1. The van der Waals surface area contributed by atoms with Gasteiger partial charge in [-0.25, -0.2) is 0 Å². The summed E-state index contributed by atoms with van der Waals surface area (Å²) in [6.45, 7) is 25.4. The second kappa shape index (κ2) is 44.4. The van der Waals surface area contributed by atoms with Crippen LogP contribution in [0.4, 0.5) is 0 Å². The van der Waals surface area contributed by atoms with Gasteiger partial charge >= 0.3 is 0 Å². The fourth-order valence-electron chi connectivity index (χ4n) is 0.354. The summed E-state index contributed by atoms with van der Waals surface area (Å²) in [4.78, 5) is 0. The Kier molecular flexibility index (Phi) is 79.0. The molecule has 0 atom stereocenters. The van der Waals surface area contributed by atoms with E-state index in [-0.39, 0.29) is 0 Å². The van der Waals surface area contributed by atoms with Gasteiger partial charge in [-0.2, -0.15) is 0 Å². The lowest BCUT2D eigenvalue weighted by atomic mass is 10.0. The van der Waals surface area contributed by atoms with E-state index < -0.39 is 0 Å². The van der Waals surface area contributed by atoms with Gasteiger partial charge in [0.25, 0.3) is 0 Å².